The summed E-state index contributed by atoms with van der Waals surface area (Å²) in [6, 6.07) is 15.5. The van der Waals surface area contributed by atoms with Gasteiger partial charge >= 0.3 is 0 Å². The van der Waals surface area contributed by atoms with Crippen molar-refractivity contribution in [2.45, 2.75) is 32.6 Å². The molecule has 160 valence electrons. The van der Waals surface area contributed by atoms with Crippen LogP contribution >= 0.6 is 11.8 Å². The van der Waals surface area contributed by atoms with Gasteiger partial charge in [0.1, 0.15) is 5.75 Å². The number of benzene rings is 2. The number of hydrogen-bond donors (Lipinski definition) is 2. The highest BCUT2D eigenvalue weighted by Gasteiger charge is 2.30. The number of carbonyl (C=O) groups excluding carboxylic acids is 2. The molecule has 0 aliphatic carbocycles. The van der Waals surface area contributed by atoms with Gasteiger partial charge in [0.2, 0.25) is 11.8 Å². The molecule has 0 unspecified atom stereocenters. The predicted octanol–water partition coefficient (Wildman–Crippen LogP) is 4.28. The fourth-order valence-corrected chi connectivity index (χ4v) is 4.45. The van der Waals surface area contributed by atoms with E-state index in [9.17, 15) is 14.9 Å². The number of ether oxygens (including phenoxy) is 1. The summed E-state index contributed by atoms with van der Waals surface area (Å²) in [5.41, 5.74) is 4.23. The summed E-state index contributed by atoms with van der Waals surface area (Å²) in [5.74, 6) is 0.0985. The number of thioether (sulfide) groups is 1. The predicted molar refractivity (Wildman–Crippen MR) is 123 cm³/mol. The molecule has 1 heterocycles. The molecule has 1 aliphatic rings. The van der Waals surface area contributed by atoms with E-state index in [2.05, 4.69) is 16.7 Å². The van der Waals surface area contributed by atoms with Crippen molar-refractivity contribution in [3.63, 3.8) is 0 Å². The van der Waals surface area contributed by atoms with Crippen LogP contribution in [0.5, 0.6) is 5.75 Å². The summed E-state index contributed by atoms with van der Waals surface area (Å²) in [6.07, 6.45) is 1.00. The second-order valence-corrected chi connectivity index (χ2v) is 8.22. The zero-order valence-electron chi connectivity index (χ0n) is 17.8. The second kappa shape index (κ2) is 10.2. The molecule has 1 atom stereocenters. The van der Waals surface area contributed by atoms with Crippen molar-refractivity contribution in [1.82, 2.24) is 5.32 Å². The van der Waals surface area contributed by atoms with Gasteiger partial charge in [0.15, 0.2) is 0 Å². The van der Waals surface area contributed by atoms with Crippen molar-refractivity contribution in [3.8, 4) is 11.8 Å². The average Bonchev–Trinajstić information content (AvgIpc) is 2.78. The van der Waals surface area contributed by atoms with Crippen molar-refractivity contribution < 1.29 is 14.3 Å². The van der Waals surface area contributed by atoms with Gasteiger partial charge in [-0.05, 0) is 42.2 Å². The zero-order valence-corrected chi connectivity index (χ0v) is 18.6. The molecule has 0 fully saturated rings. The molecule has 6 nitrogen and oxygen atoms in total. The monoisotopic (exact) mass is 435 g/mol. The van der Waals surface area contributed by atoms with E-state index in [0.717, 1.165) is 28.8 Å². The van der Waals surface area contributed by atoms with Crippen LogP contribution in [0.3, 0.4) is 0 Å². The Kier molecular flexibility index (Phi) is 7.37. The molecule has 0 saturated carbocycles. The number of amides is 2. The lowest BCUT2D eigenvalue weighted by molar-refractivity contribution is -0.121. The van der Waals surface area contributed by atoms with Crippen LogP contribution in [0.1, 0.15) is 36.0 Å². The van der Waals surface area contributed by atoms with Gasteiger partial charge in [-0.2, -0.15) is 5.26 Å². The SMILES string of the molecule is CCc1cccc(C)c1NC(=O)CSC1=C(C#N)[C@H](c2ccc(OC)cc2)CC(=O)N1. The second-order valence-electron chi connectivity index (χ2n) is 7.23. The highest BCUT2D eigenvalue weighted by Crippen LogP contribution is 2.36. The molecule has 3 rings (SSSR count). The van der Waals surface area contributed by atoms with Gasteiger partial charge in [-0.3, -0.25) is 9.59 Å². The summed E-state index contributed by atoms with van der Waals surface area (Å²) < 4.78 is 5.19. The Morgan fingerprint density at radius 3 is 2.68 bits per heavy atom. The number of rotatable bonds is 7. The summed E-state index contributed by atoms with van der Waals surface area (Å²) in [5, 5.41) is 16.0. The number of anilines is 1. The van der Waals surface area contributed by atoms with Gasteiger partial charge in [-0.15, -0.1) is 0 Å². The summed E-state index contributed by atoms with van der Waals surface area (Å²) in [4.78, 5) is 24.9. The lowest BCUT2D eigenvalue weighted by atomic mass is 9.87. The average molecular weight is 436 g/mol. The Hall–Kier alpha value is -3.24. The molecule has 2 N–H and O–H groups in total. The maximum absolute atomic E-state index is 12.6. The largest absolute Gasteiger partial charge is 0.497 e. The number of nitrogens with one attached hydrogen (secondary N) is 2. The summed E-state index contributed by atoms with van der Waals surface area (Å²) in [7, 11) is 1.59. The van der Waals surface area contributed by atoms with Gasteiger partial charge in [-0.25, -0.2) is 0 Å². The fourth-order valence-electron chi connectivity index (χ4n) is 3.57. The first-order chi connectivity index (χ1) is 15.0. The first-order valence-corrected chi connectivity index (χ1v) is 11.0. The Morgan fingerprint density at radius 2 is 2.03 bits per heavy atom. The molecule has 2 aromatic carbocycles. The van der Waals surface area contributed by atoms with Crippen molar-refractivity contribution >= 4 is 29.3 Å². The zero-order chi connectivity index (χ0) is 22.4. The highest BCUT2D eigenvalue weighted by atomic mass is 32.2. The van der Waals surface area contributed by atoms with Crippen LogP contribution in [0.2, 0.25) is 0 Å². The molecule has 31 heavy (non-hydrogen) atoms. The van der Waals surface area contributed by atoms with Crippen LogP contribution in [-0.4, -0.2) is 24.7 Å². The number of methoxy groups -OCH3 is 1. The van der Waals surface area contributed by atoms with E-state index < -0.39 is 0 Å². The standard InChI is InChI=1S/C24H25N3O3S/c1-4-16-7-5-6-15(2)23(16)26-22(29)14-31-24-20(13-25)19(12-21(28)27-24)17-8-10-18(30-3)11-9-17/h5-11,19H,4,12,14H2,1-3H3,(H,26,29)(H,27,28)/t19-/m0/s1. The molecular formula is C24H25N3O3S. The lowest BCUT2D eigenvalue weighted by Gasteiger charge is -2.25. The molecule has 0 aromatic heterocycles. The Bertz CT molecular complexity index is 1050. The Morgan fingerprint density at radius 1 is 1.29 bits per heavy atom. The number of aryl methyl sites for hydroxylation is 2. The first kappa shape index (κ1) is 22.4. The van der Waals surface area contributed by atoms with Crippen LogP contribution in [0.15, 0.2) is 53.1 Å². The summed E-state index contributed by atoms with van der Waals surface area (Å²) in [6.45, 7) is 4.00. The number of allylic oxidation sites excluding steroid dienone is 1. The Balaban J connectivity index is 1.77. The maximum atomic E-state index is 12.6. The van der Waals surface area contributed by atoms with Gasteiger partial charge < -0.3 is 15.4 Å². The number of para-hydroxylation sites is 1. The van der Waals surface area contributed by atoms with Crippen LogP contribution in [0.25, 0.3) is 0 Å². The normalized spacial score (nSPS) is 15.8. The van der Waals surface area contributed by atoms with E-state index in [4.69, 9.17) is 4.74 Å². The van der Waals surface area contributed by atoms with Crippen LogP contribution in [-0.2, 0) is 16.0 Å². The first-order valence-electron chi connectivity index (χ1n) is 10.1. The van der Waals surface area contributed by atoms with Crippen LogP contribution in [0.4, 0.5) is 5.69 Å². The number of nitrogens with zero attached hydrogens (tertiary/aromatic N) is 1. The molecule has 0 saturated heterocycles. The minimum absolute atomic E-state index is 0.0909. The number of hydrogen-bond acceptors (Lipinski definition) is 5. The number of carbonyl (C=O) groups is 2. The third-order valence-corrected chi connectivity index (χ3v) is 6.24. The smallest absolute Gasteiger partial charge is 0.234 e. The molecular weight excluding hydrogens is 410 g/mol. The van der Waals surface area contributed by atoms with E-state index in [-0.39, 0.29) is 29.9 Å². The number of nitriles is 1. The van der Waals surface area contributed by atoms with Crippen molar-refractivity contribution in [2.24, 2.45) is 0 Å². The van der Waals surface area contributed by atoms with E-state index in [0.29, 0.717) is 16.4 Å². The topological polar surface area (TPSA) is 91.2 Å². The highest BCUT2D eigenvalue weighted by molar-refractivity contribution is 8.03. The van der Waals surface area contributed by atoms with Gasteiger partial charge in [0, 0.05) is 18.0 Å². The molecule has 0 bridgehead atoms. The van der Waals surface area contributed by atoms with E-state index in [1.54, 1.807) is 7.11 Å². The lowest BCUT2D eigenvalue weighted by Crippen LogP contribution is -2.31. The third-order valence-electron chi connectivity index (χ3n) is 5.23. The van der Waals surface area contributed by atoms with Crippen molar-refractivity contribution in [2.75, 3.05) is 18.2 Å². The van der Waals surface area contributed by atoms with Gasteiger partial charge in [0.25, 0.3) is 0 Å². The van der Waals surface area contributed by atoms with E-state index >= 15 is 0 Å². The molecule has 0 spiro atoms. The van der Waals surface area contributed by atoms with Crippen LogP contribution in [0, 0.1) is 18.3 Å². The minimum atomic E-state index is -0.349. The quantitative estimate of drug-likeness (QED) is 0.677. The maximum Gasteiger partial charge on any atom is 0.234 e. The molecule has 2 aromatic rings. The van der Waals surface area contributed by atoms with Crippen molar-refractivity contribution in [1.29, 1.82) is 5.26 Å². The fraction of sp³-hybridized carbons (Fsp3) is 0.292. The van der Waals surface area contributed by atoms with E-state index in [1.165, 1.54) is 11.8 Å². The minimum Gasteiger partial charge on any atom is -0.497 e. The van der Waals surface area contributed by atoms with Crippen LogP contribution < -0.4 is 15.4 Å². The van der Waals surface area contributed by atoms with Crippen molar-refractivity contribution in [3.05, 3.63) is 69.8 Å². The molecule has 2 amide bonds. The summed E-state index contributed by atoms with van der Waals surface area (Å²) >= 11 is 1.17. The molecule has 1 aliphatic heterocycles. The molecule has 7 heteroatoms. The van der Waals surface area contributed by atoms with Gasteiger partial charge in [0.05, 0.1) is 29.5 Å². The Labute approximate surface area is 186 Å². The van der Waals surface area contributed by atoms with E-state index in [1.807, 2.05) is 56.3 Å². The van der Waals surface area contributed by atoms with Gasteiger partial charge in [-0.1, -0.05) is 49.0 Å². The molecule has 0 radical (unpaired) electrons. The third kappa shape index (κ3) is 5.28.